The maximum atomic E-state index is 11.0. The summed E-state index contributed by atoms with van der Waals surface area (Å²) in [5, 5.41) is 10.8. The zero-order valence-corrected chi connectivity index (χ0v) is 13.2. The molecule has 2 N–H and O–H groups in total. The van der Waals surface area contributed by atoms with E-state index in [-0.39, 0.29) is 6.54 Å². The van der Waals surface area contributed by atoms with E-state index in [0.29, 0.717) is 46.2 Å². The van der Waals surface area contributed by atoms with E-state index in [4.69, 9.17) is 24.1 Å². The summed E-state index contributed by atoms with van der Waals surface area (Å²) in [6.07, 6.45) is 0.485. The van der Waals surface area contributed by atoms with E-state index < -0.39 is 18.3 Å². The predicted octanol–water partition coefficient (Wildman–Crippen LogP) is 0.0537. The molecule has 0 fully saturated rings. The molecule has 0 atom stereocenters. The summed E-state index contributed by atoms with van der Waals surface area (Å²) in [4.78, 5) is 21.2. The van der Waals surface area contributed by atoms with E-state index in [9.17, 15) is 9.59 Å². The normalized spacial score (nSPS) is 10.6. The van der Waals surface area contributed by atoms with Crippen molar-refractivity contribution in [3.05, 3.63) is 0 Å². The van der Waals surface area contributed by atoms with E-state index in [1.54, 1.807) is 0 Å². The summed E-state index contributed by atoms with van der Waals surface area (Å²) in [5.74, 6) is -1.67. The maximum Gasteiger partial charge on any atom is 0.312 e. The summed E-state index contributed by atoms with van der Waals surface area (Å²) in [6, 6.07) is 0. The maximum absolute atomic E-state index is 11.0. The van der Waals surface area contributed by atoms with Gasteiger partial charge in [-0.1, -0.05) is 6.92 Å². The highest BCUT2D eigenvalue weighted by Gasteiger charge is 2.05. The number of amides is 1. The molecule has 0 aliphatic carbocycles. The van der Waals surface area contributed by atoms with Crippen molar-refractivity contribution in [3.8, 4) is 0 Å². The molecule has 0 aliphatic rings. The molecule has 8 nitrogen and oxygen atoms in total. The summed E-state index contributed by atoms with van der Waals surface area (Å²) >= 11 is 0. The number of carbonyl (C=O) groups is 2. The zero-order valence-electron chi connectivity index (χ0n) is 13.2. The first kappa shape index (κ1) is 20.8. The Hall–Kier alpha value is -1.22. The average Bonchev–Trinajstić information content (AvgIpc) is 2.47. The van der Waals surface area contributed by atoms with Crippen LogP contribution in [0.2, 0.25) is 0 Å². The number of hydrogen-bond acceptors (Lipinski definition) is 6. The third-order valence-corrected chi connectivity index (χ3v) is 2.34. The van der Waals surface area contributed by atoms with Crippen molar-refractivity contribution < 1.29 is 33.6 Å². The van der Waals surface area contributed by atoms with Crippen molar-refractivity contribution in [2.24, 2.45) is 0 Å². The highest BCUT2D eigenvalue weighted by atomic mass is 16.6. The first-order valence-electron chi connectivity index (χ1n) is 7.46. The van der Waals surface area contributed by atoms with Gasteiger partial charge >= 0.3 is 5.97 Å². The molecule has 0 spiro atoms. The monoisotopic (exact) mass is 321 g/mol. The number of carboxylic acids is 1. The van der Waals surface area contributed by atoms with Gasteiger partial charge in [-0.15, -0.1) is 0 Å². The van der Waals surface area contributed by atoms with E-state index in [0.717, 1.165) is 13.0 Å². The van der Waals surface area contributed by atoms with Crippen LogP contribution in [-0.2, 0) is 28.5 Å². The minimum absolute atomic E-state index is 0.285. The number of hydrogen-bond donors (Lipinski definition) is 2. The zero-order chi connectivity index (χ0) is 16.5. The molecular formula is C14H27NO7. The fourth-order valence-corrected chi connectivity index (χ4v) is 1.37. The number of rotatable bonds is 16. The van der Waals surface area contributed by atoms with Crippen molar-refractivity contribution in [3.63, 3.8) is 0 Å². The number of carbonyl (C=O) groups excluding carboxylic acids is 1. The second kappa shape index (κ2) is 16.2. The van der Waals surface area contributed by atoms with Gasteiger partial charge < -0.3 is 29.4 Å². The van der Waals surface area contributed by atoms with Crippen molar-refractivity contribution in [1.29, 1.82) is 0 Å². The van der Waals surface area contributed by atoms with Crippen LogP contribution in [0.15, 0.2) is 0 Å². The van der Waals surface area contributed by atoms with Gasteiger partial charge in [-0.2, -0.15) is 0 Å². The standard InChI is InChI=1S/C14H27NO7/c1-2-4-19-6-8-21-10-11-22-9-7-20-5-3-15-13(16)12-14(17)18/h2-12H2,1H3,(H,15,16)(H,17,18). The van der Waals surface area contributed by atoms with Crippen molar-refractivity contribution >= 4 is 11.9 Å². The van der Waals surface area contributed by atoms with E-state index in [1.165, 1.54) is 0 Å². The molecule has 8 heteroatoms. The summed E-state index contributed by atoms with van der Waals surface area (Å²) in [6.45, 7) is 6.45. The van der Waals surface area contributed by atoms with Gasteiger partial charge in [0.15, 0.2) is 0 Å². The van der Waals surface area contributed by atoms with Crippen LogP contribution < -0.4 is 5.32 Å². The Balaban J connectivity index is 3.08. The Morgan fingerprint density at radius 2 is 1.27 bits per heavy atom. The summed E-state index contributed by atoms with van der Waals surface area (Å²) in [5.41, 5.74) is 0. The smallest absolute Gasteiger partial charge is 0.312 e. The molecule has 0 aromatic rings. The minimum Gasteiger partial charge on any atom is -0.481 e. The molecule has 0 radical (unpaired) electrons. The fraction of sp³-hybridized carbons (Fsp3) is 0.857. The molecule has 130 valence electrons. The lowest BCUT2D eigenvalue weighted by atomic mass is 10.4. The van der Waals surface area contributed by atoms with Crippen LogP contribution in [0.1, 0.15) is 19.8 Å². The van der Waals surface area contributed by atoms with Gasteiger partial charge in [-0.25, -0.2) is 0 Å². The third kappa shape index (κ3) is 16.8. The van der Waals surface area contributed by atoms with Crippen LogP contribution >= 0.6 is 0 Å². The second-order valence-corrected chi connectivity index (χ2v) is 4.37. The van der Waals surface area contributed by atoms with Crippen molar-refractivity contribution in [2.45, 2.75) is 19.8 Å². The average molecular weight is 321 g/mol. The SMILES string of the molecule is CCCOCCOCCOCCOCCNC(=O)CC(=O)O. The van der Waals surface area contributed by atoms with Crippen molar-refractivity contribution in [1.82, 2.24) is 5.32 Å². The van der Waals surface area contributed by atoms with E-state index in [1.807, 2.05) is 0 Å². The molecular weight excluding hydrogens is 294 g/mol. The molecule has 0 aliphatic heterocycles. The molecule has 0 unspecified atom stereocenters. The molecule has 22 heavy (non-hydrogen) atoms. The van der Waals surface area contributed by atoms with Gasteiger partial charge in [0.1, 0.15) is 6.42 Å². The lowest BCUT2D eigenvalue weighted by Gasteiger charge is -2.07. The largest absolute Gasteiger partial charge is 0.481 e. The summed E-state index contributed by atoms with van der Waals surface area (Å²) < 4.78 is 21.1. The lowest BCUT2D eigenvalue weighted by Crippen LogP contribution is -2.29. The molecule has 0 saturated heterocycles. The van der Waals surface area contributed by atoms with E-state index in [2.05, 4.69) is 12.2 Å². The fourth-order valence-electron chi connectivity index (χ4n) is 1.37. The topological polar surface area (TPSA) is 103 Å². The van der Waals surface area contributed by atoms with Crippen LogP contribution in [0.5, 0.6) is 0 Å². The van der Waals surface area contributed by atoms with Gasteiger partial charge in [0.05, 0.1) is 46.2 Å². The molecule has 0 rings (SSSR count). The number of aliphatic carboxylic acids is 1. The Labute approximate surface area is 131 Å². The molecule has 0 heterocycles. The highest BCUT2D eigenvalue weighted by Crippen LogP contribution is 1.84. The predicted molar refractivity (Wildman–Crippen MR) is 78.8 cm³/mol. The van der Waals surface area contributed by atoms with Gasteiger partial charge in [0.25, 0.3) is 0 Å². The first-order valence-corrected chi connectivity index (χ1v) is 7.46. The Bertz CT molecular complexity index is 286. The van der Waals surface area contributed by atoms with Gasteiger partial charge in [-0.3, -0.25) is 9.59 Å². The summed E-state index contributed by atoms with van der Waals surface area (Å²) in [7, 11) is 0. The third-order valence-electron chi connectivity index (χ3n) is 2.34. The lowest BCUT2D eigenvalue weighted by molar-refractivity contribution is -0.140. The Morgan fingerprint density at radius 3 is 1.73 bits per heavy atom. The van der Waals surface area contributed by atoms with Gasteiger partial charge in [0.2, 0.25) is 5.91 Å². The minimum atomic E-state index is -1.15. The Kier molecular flexibility index (Phi) is 15.3. The van der Waals surface area contributed by atoms with Crippen LogP contribution in [0, 0.1) is 0 Å². The van der Waals surface area contributed by atoms with Gasteiger partial charge in [0, 0.05) is 13.2 Å². The number of carboxylic acid groups (broad SMARTS) is 1. The molecule has 0 bridgehead atoms. The molecule has 0 aromatic heterocycles. The van der Waals surface area contributed by atoms with Crippen LogP contribution in [0.3, 0.4) is 0 Å². The van der Waals surface area contributed by atoms with Crippen LogP contribution in [0.4, 0.5) is 0 Å². The van der Waals surface area contributed by atoms with Crippen molar-refractivity contribution in [2.75, 3.05) is 59.4 Å². The molecule has 0 saturated carbocycles. The van der Waals surface area contributed by atoms with Crippen LogP contribution in [-0.4, -0.2) is 76.4 Å². The molecule has 1 amide bonds. The van der Waals surface area contributed by atoms with Crippen LogP contribution in [0.25, 0.3) is 0 Å². The molecule has 0 aromatic carbocycles. The number of nitrogens with one attached hydrogen (secondary N) is 1. The number of ether oxygens (including phenoxy) is 4. The quantitative estimate of drug-likeness (QED) is 0.306. The van der Waals surface area contributed by atoms with E-state index >= 15 is 0 Å². The van der Waals surface area contributed by atoms with Gasteiger partial charge in [-0.05, 0) is 6.42 Å². The Morgan fingerprint density at radius 1 is 0.818 bits per heavy atom. The first-order chi connectivity index (χ1) is 10.7. The second-order valence-electron chi connectivity index (χ2n) is 4.37. The highest BCUT2D eigenvalue weighted by molar-refractivity contribution is 5.93.